The van der Waals surface area contributed by atoms with Crippen molar-refractivity contribution in [2.75, 3.05) is 25.0 Å². The number of nitrogens with one attached hydrogen (secondary N) is 2. The second kappa shape index (κ2) is 10.5. The van der Waals surface area contributed by atoms with E-state index in [1.807, 2.05) is 18.2 Å². The number of ether oxygens (including phenoxy) is 1. The van der Waals surface area contributed by atoms with Gasteiger partial charge in [0.2, 0.25) is 21.8 Å². The molecule has 2 heterocycles. The van der Waals surface area contributed by atoms with Crippen LogP contribution in [0.15, 0.2) is 47.4 Å². The van der Waals surface area contributed by atoms with E-state index in [4.69, 9.17) is 4.74 Å². The summed E-state index contributed by atoms with van der Waals surface area (Å²) in [5.74, 6) is 0.274. The molecule has 2 aromatic rings. The molecular weight excluding hydrogens is 461 g/mol. The lowest BCUT2D eigenvalue weighted by Gasteiger charge is -2.32. The van der Waals surface area contributed by atoms with Crippen LogP contribution in [0.5, 0.6) is 5.75 Å². The maximum Gasteiger partial charge on any atom is 0.240 e. The molecule has 2 N–H and O–H groups in total. The Morgan fingerprint density at radius 1 is 1.12 bits per heavy atom. The Kier molecular flexibility index (Phi) is 7.47. The fourth-order valence-electron chi connectivity index (χ4n) is 4.17. The summed E-state index contributed by atoms with van der Waals surface area (Å²) in [5.41, 5.74) is 1.87. The lowest BCUT2D eigenvalue weighted by molar-refractivity contribution is -0.132. The number of halogens is 1. The quantitative estimate of drug-likeness (QED) is 0.555. The van der Waals surface area contributed by atoms with Gasteiger partial charge in [0, 0.05) is 37.7 Å². The maximum absolute atomic E-state index is 13.0. The van der Waals surface area contributed by atoms with Crippen LogP contribution < -0.4 is 14.8 Å². The van der Waals surface area contributed by atoms with Gasteiger partial charge in [-0.1, -0.05) is 0 Å². The molecule has 0 atom stereocenters. The summed E-state index contributed by atoms with van der Waals surface area (Å²) in [7, 11) is -3.72. The fraction of sp³-hybridized carbons (Fsp3) is 0.417. The van der Waals surface area contributed by atoms with E-state index < -0.39 is 15.8 Å². The Labute approximate surface area is 198 Å². The van der Waals surface area contributed by atoms with Crippen molar-refractivity contribution in [2.45, 2.75) is 49.5 Å². The Balaban J connectivity index is 1.17. The van der Waals surface area contributed by atoms with Gasteiger partial charge in [-0.15, -0.1) is 0 Å². The average molecular weight is 490 g/mol. The number of rotatable bonds is 8. The van der Waals surface area contributed by atoms with Gasteiger partial charge in [-0.05, 0) is 73.7 Å². The van der Waals surface area contributed by atoms with Gasteiger partial charge in [0.05, 0.1) is 11.5 Å². The molecule has 0 aliphatic carbocycles. The Hall–Kier alpha value is -2.98. The van der Waals surface area contributed by atoms with Crippen LogP contribution in [0, 0.1) is 5.82 Å². The predicted molar refractivity (Wildman–Crippen MR) is 124 cm³/mol. The number of benzene rings is 2. The van der Waals surface area contributed by atoms with Crippen molar-refractivity contribution in [3.8, 4) is 5.75 Å². The molecule has 0 spiro atoms. The minimum atomic E-state index is -3.72. The Bertz CT molecular complexity index is 1150. The largest absolute Gasteiger partial charge is 0.494 e. The van der Waals surface area contributed by atoms with Gasteiger partial charge in [-0.2, -0.15) is 0 Å². The summed E-state index contributed by atoms with van der Waals surface area (Å²) in [4.78, 5) is 25.8. The van der Waals surface area contributed by atoms with Crippen LogP contribution in [0.3, 0.4) is 0 Å². The Morgan fingerprint density at radius 3 is 2.59 bits per heavy atom. The predicted octanol–water partition coefficient (Wildman–Crippen LogP) is 2.84. The summed E-state index contributed by atoms with van der Waals surface area (Å²) < 4.78 is 46.4. The van der Waals surface area contributed by atoms with Crippen LogP contribution in [-0.2, 0) is 26.0 Å². The fourth-order valence-corrected chi connectivity index (χ4v) is 5.47. The number of hydrogen-bond donors (Lipinski definition) is 2. The van der Waals surface area contributed by atoms with Gasteiger partial charge in [0.15, 0.2) is 0 Å². The third kappa shape index (κ3) is 6.12. The molecule has 0 saturated carbocycles. The zero-order chi connectivity index (χ0) is 24.1. The van der Waals surface area contributed by atoms with Crippen molar-refractivity contribution < 1.29 is 27.1 Å². The molecule has 2 amide bonds. The van der Waals surface area contributed by atoms with Crippen LogP contribution in [-0.4, -0.2) is 50.9 Å². The first-order chi connectivity index (χ1) is 16.3. The molecule has 2 aromatic carbocycles. The number of fused-ring (bicyclic) bond motifs is 1. The van der Waals surface area contributed by atoms with E-state index in [0.29, 0.717) is 58.2 Å². The van der Waals surface area contributed by atoms with Crippen molar-refractivity contribution in [1.82, 2.24) is 9.62 Å². The third-order valence-electron chi connectivity index (χ3n) is 6.07. The number of nitrogens with zero attached hydrogens (tertiary/aromatic N) is 1. The number of likely N-dealkylation sites (tertiary alicyclic amines) is 1. The first-order valence-electron chi connectivity index (χ1n) is 11.4. The van der Waals surface area contributed by atoms with Crippen LogP contribution in [0.25, 0.3) is 0 Å². The molecule has 8 nitrogen and oxygen atoms in total. The molecule has 0 unspecified atom stereocenters. The van der Waals surface area contributed by atoms with Gasteiger partial charge in [0.25, 0.3) is 0 Å². The van der Waals surface area contributed by atoms with Gasteiger partial charge < -0.3 is 15.0 Å². The minimum absolute atomic E-state index is 0.0222. The summed E-state index contributed by atoms with van der Waals surface area (Å²) in [6.45, 7) is 1.37. The summed E-state index contributed by atoms with van der Waals surface area (Å²) in [5, 5.41) is 2.84. The van der Waals surface area contributed by atoms with Gasteiger partial charge in [-0.3, -0.25) is 9.59 Å². The molecule has 34 heavy (non-hydrogen) atoms. The first kappa shape index (κ1) is 24.2. The van der Waals surface area contributed by atoms with E-state index >= 15 is 0 Å². The standard InChI is InChI=1S/C24H28FN3O5S/c25-18-4-7-21(8-5-18)34(31,32)27-19-11-13-28(14-12-19)24(30)2-1-15-33-20-6-9-22-17(16-20)3-10-23(29)26-22/h4-9,16,19,27H,1-3,10-15H2,(H,26,29). The minimum Gasteiger partial charge on any atom is -0.494 e. The van der Waals surface area contributed by atoms with E-state index in [1.165, 1.54) is 12.1 Å². The van der Waals surface area contributed by atoms with Gasteiger partial charge >= 0.3 is 0 Å². The van der Waals surface area contributed by atoms with E-state index in [9.17, 15) is 22.4 Å². The SMILES string of the molecule is O=C1CCc2cc(OCCCC(=O)N3CCC(NS(=O)(=O)c4ccc(F)cc4)CC3)ccc2N1. The van der Waals surface area contributed by atoms with Crippen LogP contribution in [0.1, 0.15) is 37.7 Å². The highest BCUT2D eigenvalue weighted by Gasteiger charge is 2.26. The maximum atomic E-state index is 13.0. The van der Waals surface area contributed by atoms with Crippen molar-refractivity contribution in [2.24, 2.45) is 0 Å². The zero-order valence-corrected chi connectivity index (χ0v) is 19.6. The van der Waals surface area contributed by atoms with Gasteiger partial charge in [-0.25, -0.2) is 17.5 Å². The normalized spacial score (nSPS) is 16.6. The van der Waals surface area contributed by atoms with E-state index in [1.54, 1.807) is 4.90 Å². The number of amides is 2. The van der Waals surface area contributed by atoms with Crippen molar-refractivity contribution >= 4 is 27.5 Å². The van der Waals surface area contributed by atoms with Crippen molar-refractivity contribution in [1.29, 1.82) is 0 Å². The molecule has 182 valence electrons. The van der Waals surface area contributed by atoms with Crippen molar-refractivity contribution in [3.63, 3.8) is 0 Å². The van der Waals surface area contributed by atoms with Crippen LogP contribution >= 0.6 is 0 Å². The lowest BCUT2D eigenvalue weighted by Crippen LogP contribution is -2.46. The number of anilines is 1. The van der Waals surface area contributed by atoms with E-state index in [0.717, 1.165) is 29.1 Å². The van der Waals surface area contributed by atoms with E-state index in [2.05, 4.69) is 10.0 Å². The smallest absolute Gasteiger partial charge is 0.240 e. The molecule has 2 aliphatic heterocycles. The van der Waals surface area contributed by atoms with Crippen LogP contribution in [0.2, 0.25) is 0 Å². The molecule has 10 heteroatoms. The molecule has 1 saturated heterocycles. The second-order valence-electron chi connectivity index (χ2n) is 8.55. The van der Waals surface area contributed by atoms with Crippen molar-refractivity contribution in [3.05, 3.63) is 53.8 Å². The summed E-state index contributed by atoms with van der Waals surface area (Å²) >= 11 is 0. The number of aryl methyl sites for hydroxylation is 1. The first-order valence-corrected chi connectivity index (χ1v) is 12.9. The Morgan fingerprint density at radius 2 is 1.85 bits per heavy atom. The summed E-state index contributed by atoms with van der Waals surface area (Å²) in [6.07, 6.45) is 3.13. The topological polar surface area (TPSA) is 105 Å². The number of hydrogen-bond acceptors (Lipinski definition) is 5. The van der Waals surface area contributed by atoms with Crippen LogP contribution in [0.4, 0.5) is 10.1 Å². The molecular formula is C24H28FN3O5S. The highest BCUT2D eigenvalue weighted by Crippen LogP contribution is 2.27. The number of sulfonamides is 1. The lowest BCUT2D eigenvalue weighted by atomic mass is 10.0. The molecule has 0 bridgehead atoms. The monoisotopic (exact) mass is 489 g/mol. The molecule has 0 aromatic heterocycles. The number of carbonyl (C=O) groups is 2. The number of piperidine rings is 1. The molecule has 4 rings (SSSR count). The molecule has 0 radical (unpaired) electrons. The van der Waals surface area contributed by atoms with Gasteiger partial charge in [0.1, 0.15) is 11.6 Å². The molecule has 1 fully saturated rings. The molecule has 2 aliphatic rings. The number of carbonyl (C=O) groups excluding carboxylic acids is 2. The second-order valence-corrected chi connectivity index (χ2v) is 10.3. The van der Waals surface area contributed by atoms with E-state index in [-0.39, 0.29) is 22.8 Å². The zero-order valence-electron chi connectivity index (χ0n) is 18.8. The summed E-state index contributed by atoms with van der Waals surface area (Å²) in [6, 6.07) is 10.0. The third-order valence-corrected chi connectivity index (χ3v) is 7.61. The highest BCUT2D eigenvalue weighted by atomic mass is 32.2. The average Bonchev–Trinajstić information content (AvgIpc) is 2.82. The highest BCUT2D eigenvalue weighted by molar-refractivity contribution is 7.89.